The minimum Gasteiger partial charge on any atom is -0.493 e. The van der Waals surface area contributed by atoms with Crippen LogP contribution in [0.15, 0.2) is 23.8 Å². The summed E-state index contributed by atoms with van der Waals surface area (Å²) in [4.78, 5) is 9.71. The summed E-state index contributed by atoms with van der Waals surface area (Å²) < 4.78 is 5.72. The molecule has 0 aromatic carbocycles. The van der Waals surface area contributed by atoms with E-state index in [4.69, 9.17) is 4.74 Å². The molecule has 0 aliphatic carbocycles. The Balaban J connectivity index is 1.86. The highest BCUT2D eigenvalue weighted by Gasteiger charge is 2.02. The normalized spacial score (nSPS) is 10.3. The molecule has 96 valence electrons. The van der Waals surface area contributed by atoms with Gasteiger partial charge in [-0.3, -0.25) is 0 Å². The zero-order chi connectivity index (χ0) is 12.8. The number of nitrogens with zero attached hydrogens (tertiary/aromatic N) is 2. The molecule has 4 nitrogen and oxygen atoms in total. The van der Waals surface area contributed by atoms with Gasteiger partial charge < -0.3 is 10.1 Å². The first-order chi connectivity index (χ1) is 8.79. The molecule has 0 saturated carbocycles. The van der Waals surface area contributed by atoms with E-state index in [1.54, 1.807) is 17.5 Å². The van der Waals surface area contributed by atoms with Gasteiger partial charge in [0.1, 0.15) is 11.6 Å². The molecule has 0 atom stereocenters. The van der Waals surface area contributed by atoms with E-state index < -0.39 is 0 Å². The van der Waals surface area contributed by atoms with E-state index in [1.807, 2.05) is 31.5 Å². The smallest absolute Gasteiger partial charge is 0.129 e. The Bertz CT molecular complexity index is 498. The fraction of sp³-hybridized carbons (Fsp3) is 0.385. The van der Waals surface area contributed by atoms with Crippen molar-refractivity contribution >= 4 is 17.2 Å². The molecule has 0 amide bonds. The lowest BCUT2D eigenvalue weighted by Gasteiger charge is -2.07. The van der Waals surface area contributed by atoms with Crippen LogP contribution in [0.3, 0.4) is 0 Å². The van der Waals surface area contributed by atoms with Crippen molar-refractivity contribution < 1.29 is 4.74 Å². The summed E-state index contributed by atoms with van der Waals surface area (Å²) >= 11 is 1.68. The molecule has 0 bridgehead atoms. The van der Waals surface area contributed by atoms with E-state index in [9.17, 15) is 0 Å². The van der Waals surface area contributed by atoms with Gasteiger partial charge in [-0.05, 0) is 19.9 Å². The minimum atomic E-state index is 0.665. The van der Waals surface area contributed by atoms with Crippen molar-refractivity contribution in [3.8, 4) is 5.75 Å². The van der Waals surface area contributed by atoms with Crippen LogP contribution in [0, 0.1) is 6.92 Å². The van der Waals surface area contributed by atoms with Crippen LogP contribution in [0.5, 0.6) is 5.75 Å². The third-order valence-electron chi connectivity index (χ3n) is 2.53. The molecule has 2 heterocycles. The molecule has 0 aliphatic heterocycles. The van der Waals surface area contributed by atoms with Crippen molar-refractivity contribution in [2.75, 3.05) is 18.5 Å². The van der Waals surface area contributed by atoms with Crippen LogP contribution < -0.4 is 10.1 Å². The van der Waals surface area contributed by atoms with Crippen molar-refractivity contribution in [1.29, 1.82) is 0 Å². The number of ether oxygens (including phenoxy) is 1. The maximum atomic E-state index is 5.72. The SMILES string of the molecule is CCNc1cc(OCCc2scnc2C)ccn1. The van der Waals surface area contributed by atoms with E-state index in [-0.39, 0.29) is 0 Å². The Morgan fingerprint density at radius 3 is 3.00 bits per heavy atom. The lowest BCUT2D eigenvalue weighted by atomic mass is 10.3. The number of anilines is 1. The summed E-state index contributed by atoms with van der Waals surface area (Å²) in [6.07, 6.45) is 2.65. The van der Waals surface area contributed by atoms with Crippen molar-refractivity contribution in [2.45, 2.75) is 20.3 Å². The average molecular weight is 263 g/mol. The lowest BCUT2D eigenvalue weighted by Crippen LogP contribution is -2.03. The van der Waals surface area contributed by atoms with Gasteiger partial charge in [-0.25, -0.2) is 9.97 Å². The third kappa shape index (κ3) is 3.43. The molecule has 1 N–H and O–H groups in total. The number of aromatic nitrogens is 2. The van der Waals surface area contributed by atoms with Gasteiger partial charge in [-0.1, -0.05) is 0 Å². The quantitative estimate of drug-likeness (QED) is 0.870. The number of rotatable bonds is 6. The minimum absolute atomic E-state index is 0.665. The summed E-state index contributed by atoms with van der Waals surface area (Å²) in [5.41, 5.74) is 2.98. The summed E-state index contributed by atoms with van der Waals surface area (Å²) in [5.74, 6) is 1.70. The molecular weight excluding hydrogens is 246 g/mol. The molecule has 5 heteroatoms. The van der Waals surface area contributed by atoms with E-state index in [0.29, 0.717) is 6.61 Å². The van der Waals surface area contributed by atoms with Gasteiger partial charge in [0.25, 0.3) is 0 Å². The van der Waals surface area contributed by atoms with Crippen molar-refractivity contribution in [1.82, 2.24) is 9.97 Å². The number of hydrogen-bond donors (Lipinski definition) is 1. The summed E-state index contributed by atoms with van der Waals surface area (Å²) in [6.45, 7) is 5.60. The Hall–Kier alpha value is -1.62. The Kier molecular flexibility index (Phi) is 4.52. The van der Waals surface area contributed by atoms with Gasteiger partial charge in [0.15, 0.2) is 0 Å². The second kappa shape index (κ2) is 6.35. The van der Waals surface area contributed by atoms with Gasteiger partial charge >= 0.3 is 0 Å². The molecule has 0 saturated heterocycles. The third-order valence-corrected chi connectivity index (χ3v) is 3.53. The highest BCUT2D eigenvalue weighted by Crippen LogP contribution is 2.16. The molecular formula is C13H17N3OS. The predicted molar refractivity (Wildman–Crippen MR) is 74.5 cm³/mol. The standard InChI is InChI=1S/C13H17N3OS/c1-3-14-13-8-11(4-6-15-13)17-7-5-12-10(2)16-9-18-12/h4,6,8-9H,3,5,7H2,1-2H3,(H,14,15). The van der Waals surface area contributed by atoms with Crippen molar-refractivity contribution in [3.05, 3.63) is 34.4 Å². The Labute approximate surface area is 111 Å². The van der Waals surface area contributed by atoms with E-state index >= 15 is 0 Å². The monoisotopic (exact) mass is 263 g/mol. The van der Waals surface area contributed by atoms with Crippen molar-refractivity contribution in [3.63, 3.8) is 0 Å². The molecule has 2 aromatic heterocycles. The van der Waals surface area contributed by atoms with Crippen LogP contribution in [0.1, 0.15) is 17.5 Å². The molecule has 0 spiro atoms. The summed E-state index contributed by atoms with van der Waals surface area (Å²) in [6, 6.07) is 3.80. The molecule has 18 heavy (non-hydrogen) atoms. The zero-order valence-electron chi connectivity index (χ0n) is 10.6. The molecule has 0 radical (unpaired) electrons. The maximum Gasteiger partial charge on any atom is 0.129 e. The lowest BCUT2D eigenvalue weighted by molar-refractivity contribution is 0.322. The van der Waals surface area contributed by atoms with E-state index in [1.165, 1.54) is 4.88 Å². The van der Waals surface area contributed by atoms with Gasteiger partial charge in [0.05, 0.1) is 17.8 Å². The molecule has 0 fully saturated rings. The number of nitrogens with one attached hydrogen (secondary N) is 1. The van der Waals surface area contributed by atoms with Crippen LogP contribution in [0.25, 0.3) is 0 Å². The summed E-state index contributed by atoms with van der Waals surface area (Å²) in [7, 11) is 0. The first kappa shape index (κ1) is 12.8. The highest BCUT2D eigenvalue weighted by atomic mass is 32.1. The van der Waals surface area contributed by atoms with Crippen LogP contribution >= 0.6 is 11.3 Å². The Morgan fingerprint density at radius 2 is 2.28 bits per heavy atom. The van der Waals surface area contributed by atoms with E-state index in [2.05, 4.69) is 15.3 Å². The van der Waals surface area contributed by atoms with Gasteiger partial charge in [0, 0.05) is 30.1 Å². The number of aryl methyl sites for hydroxylation is 1. The van der Waals surface area contributed by atoms with E-state index in [0.717, 1.165) is 30.2 Å². The van der Waals surface area contributed by atoms with Crippen LogP contribution in [-0.2, 0) is 6.42 Å². The van der Waals surface area contributed by atoms with Gasteiger partial charge in [0.2, 0.25) is 0 Å². The number of hydrogen-bond acceptors (Lipinski definition) is 5. The first-order valence-electron chi connectivity index (χ1n) is 6.01. The second-order valence-corrected chi connectivity index (χ2v) is 4.81. The Morgan fingerprint density at radius 1 is 1.39 bits per heavy atom. The van der Waals surface area contributed by atoms with Crippen LogP contribution in [0.2, 0.25) is 0 Å². The molecule has 2 aromatic rings. The van der Waals surface area contributed by atoms with Crippen LogP contribution in [-0.4, -0.2) is 23.1 Å². The average Bonchev–Trinajstić information content (AvgIpc) is 2.76. The molecule has 2 rings (SSSR count). The predicted octanol–water partition coefficient (Wildman–Crippen LogP) is 2.90. The number of thiazole rings is 1. The molecule has 0 aliphatic rings. The topological polar surface area (TPSA) is 47.0 Å². The highest BCUT2D eigenvalue weighted by molar-refractivity contribution is 7.09. The number of pyridine rings is 1. The largest absolute Gasteiger partial charge is 0.493 e. The fourth-order valence-corrected chi connectivity index (χ4v) is 2.37. The summed E-state index contributed by atoms with van der Waals surface area (Å²) in [5, 5.41) is 3.16. The zero-order valence-corrected chi connectivity index (χ0v) is 11.5. The molecule has 0 unspecified atom stereocenters. The second-order valence-electron chi connectivity index (χ2n) is 3.87. The van der Waals surface area contributed by atoms with Crippen LogP contribution in [0.4, 0.5) is 5.82 Å². The fourth-order valence-electron chi connectivity index (χ4n) is 1.61. The first-order valence-corrected chi connectivity index (χ1v) is 6.89. The van der Waals surface area contributed by atoms with Crippen molar-refractivity contribution in [2.24, 2.45) is 0 Å². The maximum absolute atomic E-state index is 5.72. The van der Waals surface area contributed by atoms with Gasteiger partial charge in [-0.2, -0.15) is 0 Å². The van der Waals surface area contributed by atoms with Gasteiger partial charge in [-0.15, -0.1) is 11.3 Å².